The van der Waals surface area contributed by atoms with Crippen LogP contribution >= 0.6 is 31.9 Å². The summed E-state index contributed by atoms with van der Waals surface area (Å²) in [7, 11) is 0. The standard InChI is InChI=1S/C12H17Br2N/c1-2-3-4-5-12(15)10-8-9(13)6-7-11(10)14/h6-8,12H,2-5,15H2,1H3/t12-/m1/s1. The van der Waals surface area contributed by atoms with Crippen LogP contribution in [0.5, 0.6) is 0 Å². The predicted molar refractivity (Wildman–Crippen MR) is 72.9 cm³/mol. The summed E-state index contributed by atoms with van der Waals surface area (Å²) < 4.78 is 2.20. The van der Waals surface area contributed by atoms with Gasteiger partial charge in [0.05, 0.1) is 0 Å². The fourth-order valence-electron chi connectivity index (χ4n) is 1.57. The largest absolute Gasteiger partial charge is 0.324 e. The third kappa shape index (κ3) is 4.25. The molecule has 0 saturated heterocycles. The zero-order valence-electron chi connectivity index (χ0n) is 8.97. The van der Waals surface area contributed by atoms with Crippen molar-refractivity contribution >= 4 is 31.9 Å². The summed E-state index contributed by atoms with van der Waals surface area (Å²) in [6, 6.07) is 6.30. The van der Waals surface area contributed by atoms with Gasteiger partial charge in [0, 0.05) is 15.0 Å². The number of unbranched alkanes of at least 4 members (excludes halogenated alkanes) is 2. The van der Waals surface area contributed by atoms with E-state index in [1.165, 1.54) is 24.8 Å². The Labute approximate surface area is 109 Å². The van der Waals surface area contributed by atoms with Crippen molar-refractivity contribution in [2.75, 3.05) is 0 Å². The van der Waals surface area contributed by atoms with Gasteiger partial charge in [-0.25, -0.2) is 0 Å². The highest BCUT2D eigenvalue weighted by atomic mass is 79.9. The van der Waals surface area contributed by atoms with Crippen molar-refractivity contribution in [1.29, 1.82) is 0 Å². The van der Waals surface area contributed by atoms with Gasteiger partial charge in [0.15, 0.2) is 0 Å². The molecule has 0 unspecified atom stereocenters. The van der Waals surface area contributed by atoms with E-state index >= 15 is 0 Å². The minimum atomic E-state index is 0.142. The highest BCUT2D eigenvalue weighted by molar-refractivity contribution is 9.11. The van der Waals surface area contributed by atoms with Crippen molar-refractivity contribution in [1.82, 2.24) is 0 Å². The SMILES string of the molecule is CCCCC[C@@H](N)c1cc(Br)ccc1Br. The smallest absolute Gasteiger partial charge is 0.0306 e. The van der Waals surface area contributed by atoms with Crippen LogP contribution in [0.15, 0.2) is 27.1 Å². The lowest BCUT2D eigenvalue weighted by molar-refractivity contribution is 0.579. The lowest BCUT2D eigenvalue weighted by atomic mass is 10.0. The number of hydrogen-bond donors (Lipinski definition) is 1. The maximum atomic E-state index is 6.15. The lowest BCUT2D eigenvalue weighted by Gasteiger charge is -2.14. The van der Waals surface area contributed by atoms with E-state index in [1.807, 2.05) is 12.1 Å². The Bertz CT molecular complexity index is 312. The minimum absolute atomic E-state index is 0.142. The summed E-state index contributed by atoms with van der Waals surface area (Å²) in [4.78, 5) is 0. The molecular formula is C12H17Br2N. The molecule has 0 radical (unpaired) electrons. The van der Waals surface area contributed by atoms with Gasteiger partial charge in [0.2, 0.25) is 0 Å². The van der Waals surface area contributed by atoms with Crippen LogP contribution in [-0.2, 0) is 0 Å². The highest BCUT2D eigenvalue weighted by Gasteiger charge is 2.09. The Balaban J connectivity index is 2.64. The van der Waals surface area contributed by atoms with E-state index in [-0.39, 0.29) is 6.04 Å². The summed E-state index contributed by atoms with van der Waals surface area (Å²) in [5.41, 5.74) is 7.35. The van der Waals surface area contributed by atoms with Crippen molar-refractivity contribution in [2.24, 2.45) is 5.73 Å². The second-order valence-electron chi connectivity index (χ2n) is 3.77. The summed E-state index contributed by atoms with van der Waals surface area (Å²) in [5.74, 6) is 0. The number of rotatable bonds is 5. The van der Waals surface area contributed by atoms with E-state index in [1.54, 1.807) is 0 Å². The molecule has 15 heavy (non-hydrogen) atoms. The topological polar surface area (TPSA) is 26.0 Å². The maximum absolute atomic E-state index is 6.15. The first-order valence-corrected chi connectivity index (χ1v) is 6.94. The molecule has 0 aliphatic heterocycles. The van der Waals surface area contributed by atoms with Crippen LogP contribution in [0.25, 0.3) is 0 Å². The molecule has 0 aromatic heterocycles. The number of nitrogens with two attached hydrogens (primary N) is 1. The Morgan fingerprint density at radius 1 is 1.27 bits per heavy atom. The molecule has 1 aromatic rings. The summed E-state index contributed by atoms with van der Waals surface area (Å²) in [5, 5.41) is 0. The van der Waals surface area contributed by atoms with Crippen molar-refractivity contribution in [3.63, 3.8) is 0 Å². The quantitative estimate of drug-likeness (QED) is 0.769. The van der Waals surface area contributed by atoms with E-state index in [0.717, 1.165) is 15.4 Å². The van der Waals surface area contributed by atoms with Crippen molar-refractivity contribution in [2.45, 2.75) is 38.6 Å². The molecule has 0 aliphatic carbocycles. The Morgan fingerprint density at radius 2 is 2.00 bits per heavy atom. The van der Waals surface area contributed by atoms with Gasteiger partial charge in [-0.2, -0.15) is 0 Å². The van der Waals surface area contributed by atoms with Gasteiger partial charge in [0.1, 0.15) is 0 Å². The molecule has 1 nitrogen and oxygen atoms in total. The van der Waals surface area contributed by atoms with Gasteiger partial charge in [-0.15, -0.1) is 0 Å². The third-order valence-electron chi connectivity index (χ3n) is 2.48. The second-order valence-corrected chi connectivity index (χ2v) is 5.54. The molecule has 1 rings (SSSR count). The zero-order chi connectivity index (χ0) is 11.3. The molecule has 3 heteroatoms. The van der Waals surface area contributed by atoms with Gasteiger partial charge in [0.25, 0.3) is 0 Å². The summed E-state index contributed by atoms with van der Waals surface area (Å²) >= 11 is 7.01. The van der Waals surface area contributed by atoms with Crippen LogP contribution in [0.3, 0.4) is 0 Å². The van der Waals surface area contributed by atoms with Crippen molar-refractivity contribution < 1.29 is 0 Å². The highest BCUT2D eigenvalue weighted by Crippen LogP contribution is 2.28. The van der Waals surface area contributed by atoms with E-state index < -0.39 is 0 Å². The van der Waals surface area contributed by atoms with Gasteiger partial charge >= 0.3 is 0 Å². The zero-order valence-corrected chi connectivity index (χ0v) is 12.1. The number of hydrogen-bond acceptors (Lipinski definition) is 1. The summed E-state index contributed by atoms with van der Waals surface area (Å²) in [6.45, 7) is 2.21. The predicted octanol–water partition coefficient (Wildman–Crippen LogP) is 4.79. The van der Waals surface area contributed by atoms with E-state index in [2.05, 4.69) is 44.8 Å². The monoisotopic (exact) mass is 333 g/mol. The molecule has 1 aromatic carbocycles. The fourth-order valence-corrected chi connectivity index (χ4v) is 2.49. The first-order valence-electron chi connectivity index (χ1n) is 5.35. The molecule has 84 valence electrons. The fraction of sp³-hybridized carbons (Fsp3) is 0.500. The first kappa shape index (κ1) is 13.2. The Hall–Kier alpha value is 0.140. The molecule has 0 amide bonds. The van der Waals surface area contributed by atoms with E-state index in [9.17, 15) is 0 Å². The minimum Gasteiger partial charge on any atom is -0.324 e. The van der Waals surface area contributed by atoms with Crippen LogP contribution in [0.1, 0.15) is 44.2 Å². The first-order chi connectivity index (χ1) is 7.15. The number of halogens is 2. The van der Waals surface area contributed by atoms with Crippen molar-refractivity contribution in [3.8, 4) is 0 Å². The normalized spacial score (nSPS) is 12.8. The maximum Gasteiger partial charge on any atom is 0.0306 e. The van der Waals surface area contributed by atoms with Gasteiger partial charge in [-0.1, -0.05) is 58.0 Å². The third-order valence-corrected chi connectivity index (χ3v) is 3.69. The average molecular weight is 335 g/mol. The van der Waals surface area contributed by atoms with Crippen LogP contribution in [-0.4, -0.2) is 0 Å². The molecule has 1 atom stereocenters. The molecule has 0 heterocycles. The molecule has 0 saturated carbocycles. The molecular weight excluding hydrogens is 318 g/mol. The molecule has 0 bridgehead atoms. The van der Waals surface area contributed by atoms with Crippen LogP contribution in [0, 0.1) is 0 Å². The Kier molecular flexibility index (Phi) is 5.87. The molecule has 0 fully saturated rings. The van der Waals surface area contributed by atoms with Gasteiger partial charge in [-0.05, 0) is 30.2 Å². The number of benzene rings is 1. The average Bonchev–Trinajstić information content (AvgIpc) is 2.22. The van der Waals surface area contributed by atoms with Gasteiger partial charge < -0.3 is 5.73 Å². The summed E-state index contributed by atoms with van der Waals surface area (Å²) in [6.07, 6.45) is 4.77. The van der Waals surface area contributed by atoms with E-state index in [0.29, 0.717) is 0 Å². The van der Waals surface area contributed by atoms with Gasteiger partial charge in [-0.3, -0.25) is 0 Å². The van der Waals surface area contributed by atoms with Crippen molar-refractivity contribution in [3.05, 3.63) is 32.7 Å². The Morgan fingerprint density at radius 3 is 2.67 bits per heavy atom. The molecule has 2 N–H and O–H groups in total. The lowest BCUT2D eigenvalue weighted by Crippen LogP contribution is -2.10. The molecule has 0 spiro atoms. The molecule has 0 aliphatic rings. The second kappa shape index (κ2) is 6.66. The van der Waals surface area contributed by atoms with E-state index in [4.69, 9.17) is 5.73 Å². The van der Waals surface area contributed by atoms with Crippen LogP contribution in [0.2, 0.25) is 0 Å². The van der Waals surface area contributed by atoms with Crippen LogP contribution in [0.4, 0.5) is 0 Å². The van der Waals surface area contributed by atoms with Crippen LogP contribution < -0.4 is 5.73 Å².